The summed E-state index contributed by atoms with van der Waals surface area (Å²) in [6, 6.07) is 21.1. The number of benzene rings is 2. The highest BCUT2D eigenvalue weighted by molar-refractivity contribution is 6.05. The normalized spacial score (nSPS) is 11.1. The first kappa shape index (κ1) is 19.6. The standard InChI is InChI=1S/C24H26N2O2/c1-24(2,3)20-12-10-19(11-13-20)23(27)26(22-7-5-6-16-25-22)17-18-8-14-21(28-4)15-9-18/h5-16H,17H2,1-4H3. The van der Waals surface area contributed by atoms with Crippen molar-refractivity contribution in [1.82, 2.24) is 4.98 Å². The predicted molar refractivity (Wildman–Crippen MR) is 113 cm³/mol. The minimum Gasteiger partial charge on any atom is -0.497 e. The van der Waals surface area contributed by atoms with Crippen LogP contribution < -0.4 is 9.64 Å². The van der Waals surface area contributed by atoms with Crippen LogP contribution >= 0.6 is 0 Å². The molecule has 0 bridgehead atoms. The van der Waals surface area contributed by atoms with Crippen LogP contribution in [-0.2, 0) is 12.0 Å². The van der Waals surface area contributed by atoms with Gasteiger partial charge in [0.2, 0.25) is 0 Å². The number of pyridine rings is 1. The van der Waals surface area contributed by atoms with Crippen LogP contribution in [0.4, 0.5) is 5.82 Å². The molecule has 0 aliphatic rings. The van der Waals surface area contributed by atoms with E-state index in [4.69, 9.17) is 4.74 Å². The molecule has 3 rings (SSSR count). The van der Waals surface area contributed by atoms with Gasteiger partial charge in [-0.3, -0.25) is 9.69 Å². The van der Waals surface area contributed by atoms with Crippen LogP contribution in [0.1, 0.15) is 42.3 Å². The molecule has 0 fully saturated rings. The highest BCUT2D eigenvalue weighted by Gasteiger charge is 2.20. The van der Waals surface area contributed by atoms with Crippen LogP contribution in [0.3, 0.4) is 0 Å². The molecule has 0 aliphatic heterocycles. The van der Waals surface area contributed by atoms with Crippen LogP contribution in [0.2, 0.25) is 0 Å². The summed E-state index contributed by atoms with van der Waals surface area (Å²) in [5, 5.41) is 0. The van der Waals surface area contributed by atoms with E-state index in [1.807, 2.05) is 66.7 Å². The summed E-state index contributed by atoms with van der Waals surface area (Å²) in [5.41, 5.74) is 2.90. The van der Waals surface area contributed by atoms with Crippen LogP contribution in [0.15, 0.2) is 72.9 Å². The smallest absolute Gasteiger partial charge is 0.259 e. The largest absolute Gasteiger partial charge is 0.497 e. The Hall–Kier alpha value is -3.14. The van der Waals surface area contributed by atoms with E-state index in [1.54, 1.807) is 18.2 Å². The monoisotopic (exact) mass is 374 g/mol. The third-order valence-electron chi connectivity index (χ3n) is 4.67. The maximum Gasteiger partial charge on any atom is 0.259 e. The fourth-order valence-corrected chi connectivity index (χ4v) is 2.95. The van der Waals surface area contributed by atoms with Gasteiger partial charge in [-0.2, -0.15) is 0 Å². The van der Waals surface area contributed by atoms with Gasteiger partial charge in [-0.05, 0) is 52.9 Å². The second-order valence-corrected chi connectivity index (χ2v) is 7.75. The number of aromatic nitrogens is 1. The molecule has 0 atom stereocenters. The summed E-state index contributed by atoms with van der Waals surface area (Å²) < 4.78 is 5.22. The van der Waals surface area contributed by atoms with Gasteiger partial charge in [0, 0.05) is 11.8 Å². The molecular formula is C24H26N2O2. The SMILES string of the molecule is COc1ccc(CN(C(=O)c2ccc(C(C)(C)C)cc2)c2ccccn2)cc1. The predicted octanol–water partition coefficient (Wildman–Crippen LogP) is 5.23. The Balaban J connectivity index is 1.91. The Bertz CT molecular complexity index is 912. The molecule has 0 N–H and O–H groups in total. The molecule has 4 nitrogen and oxygen atoms in total. The van der Waals surface area contributed by atoms with Gasteiger partial charge in [0.1, 0.15) is 11.6 Å². The first-order valence-corrected chi connectivity index (χ1v) is 9.35. The number of amides is 1. The van der Waals surface area contributed by atoms with Crippen molar-refractivity contribution < 1.29 is 9.53 Å². The number of ether oxygens (including phenoxy) is 1. The Labute approximate surface area is 166 Å². The molecule has 0 unspecified atom stereocenters. The first-order valence-electron chi connectivity index (χ1n) is 9.35. The molecule has 3 aromatic rings. The molecule has 4 heteroatoms. The van der Waals surface area contributed by atoms with Crippen molar-refractivity contribution in [3.8, 4) is 5.75 Å². The Morgan fingerprint density at radius 3 is 2.18 bits per heavy atom. The Kier molecular flexibility index (Phi) is 5.78. The van der Waals surface area contributed by atoms with Gasteiger partial charge in [-0.1, -0.05) is 51.1 Å². The Morgan fingerprint density at radius 1 is 0.964 bits per heavy atom. The molecule has 0 aliphatic carbocycles. The lowest BCUT2D eigenvalue weighted by Gasteiger charge is -2.23. The summed E-state index contributed by atoms with van der Waals surface area (Å²) in [7, 11) is 1.64. The fourth-order valence-electron chi connectivity index (χ4n) is 2.95. The van der Waals surface area contributed by atoms with Gasteiger partial charge in [-0.25, -0.2) is 4.98 Å². The third kappa shape index (κ3) is 4.58. The maximum absolute atomic E-state index is 13.3. The first-order chi connectivity index (χ1) is 13.4. The van der Waals surface area contributed by atoms with E-state index in [9.17, 15) is 4.79 Å². The van der Waals surface area contributed by atoms with E-state index in [1.165, 1.54) is 5.56 Å². The number of anilines is 1. The molecule has 144 valence electrons. The zero-order valence-corrected chi connectivity index (χ0v) is 16.8. The van der Waals surface area contributed by atoms with E-state index < -0.39 is 0 Å². The Morgan fingerprint density at radius 2 is 1.64 bits per heavy atom. The van der Waals surface area contributed by atoms with E-state index >= 15 is 0 Å². The molecule has 0 spiro atoms. The minimum atomic E-state index is -0.0741. The molecule has 28 heavy (non-hydrogen) atoms. The van der Waals surface area contributed by atoms with Crippen molar-refractivity contribution in [2.75, 3.05) is 12.0 Å². The molecular weight excluding hydrogens is 348 g/mol. The molecule has 0 saturated heterocycles. The van der Waals surface area contributed by atoms with E-state index in [0.717, 1.165) is 11.3 Å². The van der Waals surface area contributed by atoms with Crippen molar-refractivity contribution in [3.63, 3.8) is 0 Å². The number of carbonyl (C=O) groups excluding carboxylic acids is 1. The number of carbonyl (C=O) groups is 1. The second-order valence-electron chi connectivity index (χ2n) is 7.75. The van der Waals surface area contributed by atoms with Crippen molar-refractivity contribution >= 4 is 11.7 Å². The van der Waals surface area contributed by atoms with Gasteiger partial charge in [0.25, 0.3) is 5.91 Å². The van der Waals surface area contributed by atoms with Gasteiger partial charge >= 0.3 is 0 Å². The van der Waals surface area contributed by atoms with Gasteiger partial charge in [-0.15, -0.1) is 0 Å². The summed E-state index contributed by atoms with van der Waals surface area (Å²) in [5.74, 6) is 1.34. The van der Waals surface area contributed by atoms with E-state index in [2.05, 4.69) is 25.8 Å². The highest BCUT2D eigenvalue weighted by atomic mass is 16.5. The average molecular weight is 374 g/mol. The summed E-state index contributed by atoms with van der Waals surface area (Å²) in [6.45, 7) is 6.91. The van der Waals surface area contributed by atoms with Crippen molar-refractivity contribution in [1.29, 1.82) is 0 Å². The van der Waals surface area contributed by atoms with Crippen molar-refractivity contribution in [3.05, 3.63) is 89.6 Å². The molecule has 1 aromatic heterocycles. The number of rotatable bonds is 5. The minimum absolute atomic E-state index is 0.0470. The fraction of sp³-hybridized carbons (Fsp3) is 0.250. The summed E-state index contributed by atoms with van der Waals surface area (Å²) in [6.07, 6.45) is 1.70. The zero-order valence-electron chi connectivity index (χ0n) is 16.8. The molecule has 1 heterocycles. The molecule has 0 radical (unpaired) electrons. The average Bonchev–Trinajstić information content (AvgIpc) is 2.72. The second kappa shape index (κ2) is 8.26. The van der Waals surface area contributed by atoms with Gasteiger partial charge < -0.3 is 4.74 Å². The lowest BCUT2D eigenvalue weighted by Crippen LogP contribution is -2.31. The highest BCUT2D eigenvalue weighted by Crippen LogP contribution is 2.24. The number of hydrogen-bond acceptors (Lipinski definition) is 3. The van der Waals surface area contributed by atoms with Crippen LogP contribution in [0.5, 0.6) is 5.75 Å². The number of nitrogens with zero attached hydrogens (tertiary/aromatic N) is 2. The van der Waals surface area contributed by atoms with E-state index in [-0.39, 0.29) is 11.3 Å². The van der Waals surface area contributed by atoms with Crippen LogP contribution in [0.25, 0.3) is 0 Å². The summed E-state index contributed by atoms with van der Waals surface area (Å²) in [4.78, 5) is 19.4. The quantitative estimate of drug-likeness (QED) is 0.614. The number of hydrogen-bond donors (Lipinski definition) is 0. The lowest BCUT2D eigenvalue weighted by atomic mass is 9.86. The topological polar surface area (TPSA) is 42.4 Å². The zero-order chi connectivity index (χ0) is 20.1. The number of methoxy groups -OCH3 is 1. The van der Waals surface area contributed by atoms with Crippen molar-refractivity contribution in [2.24, 2.45) is 0 Å². The molecule has 0 saturated carbocycles. The molecule has 2 aromatic carbocycles. The summed E-state index contributed by atoms with van der Waals surface area (Å²) >= 11 is 0. The lowest BCUT2D eigenvalue weighted by molar-refractivity contribution is 0.0984. The van der Waals surface area contributed by atoms with Gasteiger partial charge in [0.05, 0.1) is 13.7 Å². The van der Waals surface area contributed by atoms with Gasteiger partial charge in [0.15, 0.2) is 0 Å². The van der Waals surface area contributed by atoms with E-state index in [0.29, 0.717) is 17.9 Å². The third-order valence-corrected chi connectivity index (χ3v) is 4.67. The molecule has 1 amide bonds. The van der Waals surface area contributed by atoms with Crippen LogP contribution in [-0.4, -0.2) is 18.0 Å². The van der Waals surface area contributed by atoms with Crippen LogP contribution in [0, 0.1) is 0 Å². The maximum atomic E-state index is 13.3. The van der Waals surface area contributed by atoms with Crippen molar-refractivity contribution in [2.45, 2.75) is 32.7 Å².